The Morgan fingerprint density at radius 1 is 1.18 bits per heavy atom. The molecule has 2 atom stereocenters. The summed E-state index contributed by atoms with van der Waals surface area (Å²) in [7, 11) is 1.66. The van der Waals surface area contributed by atoms with Gasteiger partial charge in [-0.3, -0.25) is 13.7 Å². The summed E-state index contributed by atoms with van der Waals surface area (Å²) in [6.45, 7) is 2.75. The summed E-state index contributed by atoms with van der Waals surface area (Å²) in [5.74, 6) is 1.16. The normalized spacial score (nSPS) is 12.3. The molecule has 0 saturated carbocycles. The SMILES string of the molecule is COC(C)CN(Cc1nn2ccc(Cl)c2c(=O)n1-c1ccccc1)c1ncnc2c1ncn2PI.CSC. The van der Waals surface area contributed by atoms with Crippen molar-refractivity contribution in [3.8, 4) is 5.69 Å². The summed E-state index contributed by atoms with van der Waals surface area (Å²) < 4.78 is 10.7. The minimum Gasteiger partial charge on any atom is -0.380 e. The number of methoxy groups -OCH3 is 1. The summed E-state index contributed by atoms with van der Waals surface area (Å²) in [5.41, 5.74) is 2.20. The number of hydrogen-bond acceptors (Lipinski definition) is 8. The Hall–Kier alpha value is -2.25. The van der Waals surface area contributed by atoms with Gasteiger partial charge in [0.1, 0.15) is 18.2 Å². The van der Waals surface area contributed by atoms with Crippen LogP contribution in [0.25, 0.3) is 22.4 Å². The van der Waals surface area contributed by atoms with E-state index in [9.17, 15) is 4.79 Å². The van der Waals surface area contributed by atoms with Crippen LogP contribution in [0, 0.1) is 0 Å². The highest BCUT2D eigenvalue weighted by Gasteiger charge is 2.23. The molecule has 0 aliphatic rings. The Kier molecular flexibility index (Phi) is 9.99. The molecule has 10 nitrogen and oxygen atoms in total. The van der Waals surface area contributed by atoms with E-state index in [4.69, 9.17) is 21.4 Å². The van der Waals surface area contributed by atoms with Crippen LogP contribution in [0.2, 0.25) is 5.02 Å². The summed E-state index contributed by atoms with van der Waals surface area (Å²) in [5, 5.41) is 5.13. The fraction of sp³-hybridized carbons (Fsp3) is 0.292. The van der Waals surface area contributed by atoms with E-state index in [0.717, 1.165) is 5.65 Å². The van der Waals surface area contributed by atoms with Gasteiger partial charge in [-0.25, -0.2) is 19.5 Å². The lowest BCUT2D eigenvalue weighted by atomic mass is 10.3. The molecule has 0 spiro atoms. The van der Waals surface area contributed by atoms with Crippen molar-refractivity contribution in [1.29, 1.82) is 0 Å². The van der Waals surface area contributed by atoms with E-state index in [1.165, 1.54) is 10.8 Å². The minimum absolute atomic E-state index is 0.116. The molecule has 0 aliphatic heterocycles. The molecule has 14 heteroatoms. The summed E-state index contributed by atoms with van der Waals surface area (Å²) >= 11 is 10.4. The number of nitrogens with zero attached hydrogens (tertiary/aromatic N) is 8. The Morgan fingerprint density at radius 2 is 1.92 bits per heavy atom. The number of para-hydroxylation sites is 1. The van der Waals surface area contributed by atoms with Gasteiger partial charge in [0, 0.05) is 19.9 Å². The standard InChI is InChI=1S/C22H21ClIN8O2P.C2H6S/c1-14(34-2)10-29(20-18-21(26-12-25-20)31(35-24)13-27-18)11-17-28-30-9-8-16(23)19(30)22(33)32(17)15-6-4-3-5-7-15;1-3-2/h3-9,12-14,35H,10-11H2,1-2H3;1-2H3. The molecule has 0 radical (unpaired) electrons. The van der Waals surface area contributed by atoms with Gasteiger partial charge in [-0.2, -0.15) is 16.9 Å². The fourth-order valence-corrected chi connectivity index (χ4v) is 5.55. The van der Waals surface area contributed by atoms with Gasteiger partial charge in [0.25, 0.3) is 5.56 Å². The van der Waals surface area contributed by atoms with Crippen LogP contribution in [0.4, 0.5) is 5.82 Å². The highest BCUT2D eigenvalue weighted by atomic mass is 127. The second-order valence-electron chi connectivity index (χ2n) is 8.25. The van der Waals surface area contributed by atoms with Crippen LogP contribution in [0.3, 0.4) is 0 Å². The van der Waals surface area contributed by atoms with Gasteiger partial charge in [-0.15, -0.1) is 0 Å². The second-order valence-corrected chi connectivity index (χ2v) is 11.6. The van der Waals surface area contributed by atoms with Crippen molar-refractivity contribution in [2.75, 3.05) is 31.1 Å². The van der Waals surface area contributed by atoms with Gasteiger partial charge >= 0.3 is 0 Å². The Morgan fingerprint density at radius 3 is 2.61 bits per heavy atom. The number of imidazole rings is 1. The molecule has 0 bridgehead atoms. The van der Waals surface area contributed by atoms with E-state index < -0.39 is 0 Å². The van der Waals surface area contributed by atoms with Gasteiger partial charge in [0.15, 0.2) is 22.8 Å². The maximum absolute atomic E-state index is 13.6. The van der Waals surface area contributed by atoms with Gasteiger partial charge in [-0.1, -0.05) is 29.8 Å². The molecule has 5 rings (SSSR count). The Labute approximate surface area is 244 Å². The van der Waals surface area contributed by atoms with Crippen LogP contribution in [-0.4, -0.2) is 65.7 Å². The average Bonchev–Trinajstić information content (AvgIpc) is 3.52. The number of anilines is 1. The lowest BCUT2D eigenvalue weighted by Gasteiger charge is -2.27. The van der Waals surface area contributed by atoms with Crippen molar-refractivity contribution >= 4 is 74.3 Å². The molecule has 0 fully saturated rings. The quantitative estimate of drug-likeness (QED) is 0.165. The van der Waals surface area contributed by atoms with Crippen molar-refractivity contribution < 1.29 is 4.74 Å². The first-order chi connectivity index (χ1) is 18.4. The van der Waals surface area contributed by atoms with Gasteiger partial charge in [-0.05, 0) is 59.7 Å². The number of aromatic nitrogens is 7. The molecule has 0 saturated heterocycles. The van der Waals surface area contributed by atoms with Crippen LogP contribution < -0.4 is 10.5 Å². The third-order valence-corrected chi connectivity index (χ3v) is 8.01. The molecule has 1 aromatic carbocycles. The zero-order valence-corrected chi connectivity index (χ0v) is 26.0. The number of rotatable bonds is 8. The van der Waals surface area contributed by atoms with E-state index in [1.54, 1.807) is 42.0 Å². The van der Waals surface area contributed by atoms with Crippen molar-refractivity contribution in [3.63, 3.8) is 0 Å². The number of thioether (sulfide) groups is 1. The highest BCUT2D eigenvalue weighted by Crippen LogP contribution is 2.31. The van der Waals surface area contributed by atoms with Crippen LogP contribution in [0.5, 0.6) is 0 Å². The molecule has 0 aliphatic carbocycles. The molecule has 38 heavy (non-hydrogen) atoms. The summed E-state index contributed by atoms with van der Waals surface area (Å²) in [4.78, 5) is 29.2. The molecule has 0 amide bonds. The van der Waals surface area contributed by atoms with E-state index in [-0.39, 0.29) is 18.2 Å². The van der Waals surface area contributed by atoms with Crippen molar-refractivity contribution in [2.45, 2.75) is 19.6 Å². The largest absolute Gasteiger partial charge is 0.380 e. The van der Waals surface area contributed by atoms with Gasteiger partial charge in [0.05, 0.1) is 29.7 Å². The molecule has 4 heterocycles. The maximum atomic E-state index is 13.6. The van der Waals surface area contributed by atoms with Crippen LogP contribution >= 0.6 is 51.8 Å². The number of fused-ring (bicyclic) bond motifs is 2. The highest BCUT2D eigenvalue weighted by molar-refractivity contribution is 14.2. The third kappa shape index (κ3) is 5.99. The van der Waals surface area contributed by atoms with Crippen LogP contribution in [0.15, 0.2) is 60.0 Å². The zero-order chi connectivity index (χ0) is 27.2. The van der Waals surface area contributed by atoms with E-state index in [0.29, 0.717) is 46.3 Å². The molecule has 200 valence electrons. The first-order valence-corrected chi connectivity index (χ1v) is 17.6. The summed E-state index contributed by atoms with van der Waals surface area (Å²) in [6.07, 6.45) is 9.40. The Balaban J connectivity index is 0.00000107. The predicted octanol–water partition coefficient (Wildman–Crippen LogP) is 5.09. The van der Waals surface area contributed by atoms with E-state index in [1.807, 2.05) is 59.0 Å². The zero-order valence-electron chi connectivity index (χ0n) is 21.2. The first kappa shape index (κ1) is 28.8. The molecular formula is C24H27ClIN8O2PS. The number of ether oxygens (including phenoxy) is 1. The first-order valence-electron chi connectivity index (χ1n) is 11.5. The molecular weight excluding hydrogens is 658 g/mol. The predicted molar refractivity (Wildman–Crippen MR) is 166 cm³/mol. The average molecular weight is 685 g/mol. The minimum atomic E-state index is -0.251. The number of halogens is 2. The maximum Gasteiger partial charge on any atom is 0.284 e. The molecule has 2 unspecified atom stereocenters. The van der Waals surface area contributed by atoms with E-state index >= 15 is 0 Å². The smallest absolute Gasteiger partial charge is 0.284 e. The monoisotopic (exact) mass is 684 g/mol. The molecule has 4 aromatic heterocycles. The fourth-order valence-electron chi connectivity index (χ4n) is 3.92. The molecule has 0 N–H and O–H groups in total. The lowest BCUT2D eigenvalue weighted by Crippen LogP contribution is -2.36. The molecule has 5 aromatic rings. The Bertz CT molecular complexity index is 1580. The number of benzene rings is 1. The van der Waals surface area contributed by atoms with Crippen molar-refractivity contribution in [1.82, 2.24) is 33.5 Å². The van der Waals surface area contributed by atoms with Crippen LogP contribution in [0.1, 0.15) is 12.7 Å². The van der Waals surface area contributed by atoms with Gasteiger partial charge < -0.3 is 9.64 Å². The van der Waals surface area contributed by atoms with E-state index in [2.05, 4.69) is 37.0 Å². The van der Waals surface area contributed by atoms with Gasteiger partial charge in [0.2, 0.25) is 0 Å². The topological polar surface area (TPSA) is 95.4 Å². The van der Waals surface area contributed by atoms with Crippen molar-refractivity contribution in [3.05, 3.63) is 76.5 Å². The van der Waals surface area contributed by atoms with Crippen LogP contribution in [-0.2, 0) is 11.3 Å². The van der Waals surface area contributed by atoms with Crippen molar-refractivity contribution in [2.24, 2.45) is 0 Å². The second kappa shape index (κ2) is 13.2. The third-order valence-electron chi connectivity index (χ3n) is 5.64. The lowest BCUT2D eigenvalue weighted by molar-refractivity contribution is 0.122. The number of hydrogen-bond donors (Lipinski definition) is 0. The summed E-state index contributed by atoms with van der Waals surface area (Å²) in [6, 6.07) is 11.1.